The summed E-state index contributed by atoms with van der Waals surface area (Å²) in [5.74, 6) is -2.46. The molecule has 63 heavy (non-hydrogen) atoms. The standard InChI is InChI=1S/C44H62N8O9S2/c1-28(53)45-22-12-10-17-32(37(54)46-30-20-21-31-36(25-30)63-41(49-31)40-50-35(27-62-40)42(57)58)47-38(55)33(18-11-13-23-52(5)6)48-39(56)34(19-14-24-61-44(2,3)4)51-43(59)60-26-29-15-8-7-9-16-29/h7-9,15-16,20-21,25,32-35H,10-14,17-19,22-24,26-27H2,1-6H3,(H,45,53)(H,46,54)(H,47,55)(H,48,56)(H,51,59)(H,57,58). The lowest BCUT2D eigenvalue weighted by Crippen LogP contribution is -2.56. The first kappa shape index (κ1) is 50.5. The molecule has 3 aromatic rings. The van der Waals surface area contributed by atoms with Crippen molar-refractivity contribution in [3.05, 3.63) is 59.1 Å². The molecule has 0 saturated heterocycles. The molecule has 19 heteroatoms. The van der Waals surface area contributed by atoms with Gasteiger partial charge in [0.2, 0.25) is 23.6 Å². The fourth-order valence-corrected chi connectivity index (χ4v) is 8.48. The number of hydrogen-bond donors (Lipinski definition) is 6. The van der Waals surface area contributed by atoms with Crippen molar-refractivity contribution >= 4 is 79.7 Å². The molecule has 0 bridgehead atoms. The molecule has 2 aromatic carbocycles. The number of hydrogen-bond acceptors (Lipinski definition) is 13. The van der Waals surface area contributed by atoms with Crippen LogP contribution in [0, 0.1) is 0 Å². The first-order valence-corrected chi connectivity index (χ1v) is 23.0. The van der Waals surface area contributed by atoms with Crippen LogP contribution in [0.1, 0.15) is 89.6 Å². The molecule has 2 heterocycles. The number of carbonyl (C=O) groups is 6. The van der Waals surface area contributed by atoms with E-state index in [0.29, 0.717) is 65.8 Å². The van der Waals surface area contributed by atoms with Gasteiger partial charge in [-0.05, 0) is 117 Å². The fourth-order valence-electron chi connectivity index (χ4n) is 6.38. The lowest BCUT2D eigenvalue weighted by atomic mass is 10.0. The molecular formula is C44H62N8O9S2. The van der Waals surface area contributed by atoms with Gasteiger partial charge in [0.1, 0.15) is 34.8 Å². The molecule has 1 aliphatic heterocycles. The average Bonchev–Trinajstić information content (AvgIpc) is 3.89. The molecule has 4 atom stereocenters. The lowest BCUT2D eigenvalue weighted by Gasteiger charge is -2.26. The molecule has 0 aliphatic carbocycles. The normalized spacial score (nSPS) is 15.2. The molecule has 0 fully saturated rings. The summed E-state index contributed by atoms with van der Waals surface area (Å²) < 4.78 is 12.1. The maximum atomic E-state index is 14.2. The molecular weight excluding hydrogens is 849 g/mol. The molecule has 0 saturated carbocycles. The lowest BCUT2D eigenvalue weighted by molar-refractivity contribution is -0.137. The van der Waals surface area contributed by atoms with Gasteiger partial charge in [-0.15, -0.1) is 23.1 Å². The number of unbranched alkanes of at least 4 members (excludes halogenated alkanes) is 2. The first-order chi connectivity index (χ1) is 30.0. The number of nitrogens with zero attached hydrogens (tertiary/aromatic N) is 3. The number of anilines is 1. The van der Waals surface area contributed by atoms with Crippen molar-refractivity contribution in [3.63, 3.8) is 0 Å². The fraction of sp³-hybridized carbons (Fsp3) is 0.545. The minimum atomic E-state index is -1.05. The highest BCUT2D eigenvalue weighted by molar-refractivity contribution is 8.15. The van der Waals surface area contributed by atoms with Gasteiger partial charge in [-0.2, -0.15) is 0 Å². The van der Waals surface area contributed by atoms with Crippen molar-refractivity contribution in [1.82, 2.24) is 31.2 Å². The Morgan fingerprint density at radius 3 is 2.14 bits per heavy atom. The molecule has 4 unspecified atom stereocenters. The van der Waals surface area contributed by atoms with E-state index in [1.807, 2.05) is 70.1 Å². The second-order valence-corrected chi connectivity index (χ2v) is 18.6. The van der Waals surface area contributed by atoms with Gasteiger partial charge < -0.3 is 46.1 Å². The molecule has 344 valence electrons. The largest absolute Gasteiger partial charge is 0.480 e. The van der Waals surface area contributed by atoms with Crippen LogP contribution in [0.4, 0.5) is 10.5 Å². The predicted octanol–water partition coefficient (Wildman–Crippen LogP) is 5.08. The summed E-state index contributed by atoms with van der Waals surface area (Å²) in [5, 5.41) is 24.6. The van der Waals surface area contributed by atoms with Crippen molar-refractivity contribution < 1.29 is 43.3 Å². The number of aromatic nitrogens is 1. The van der Waals surface area contributed by atoms with Gasteiger partial charge in [-0.1, -0.05) is 30.3 Å². The van der Waals surface area contributed by atoms with Gasteiger partial charge in [0.15, 0.2) is 6.04 Å². The number of aliphatic imine (C=N–C) groups is 1. The van der Waals surface area contributed by atoms with Crippen molar-refractivity contribution in [2.75, 3.05) is 44.9 Å². The Hall–Kier alpha value is -5.11. The summed E-state index contributed by atoms with van der Waals surface area (Å²) in [5.41, 5.74) is 1.49. The van der Waals surface area contributed by atoms with E-state index in [4.69, 9.17) is 9.47 Å². The van der Waals surface area contributed by atoms with Crippen LogP contribution in [-0.4, -0.2) is 125 Å². The van der Waals surface area contributed by atoms with E-state index in [-0.39, 0.29) is 31.8 Å². The van der Waals surface area contributed by atoms with Crippen LogP contribution in [0.5, 0.6) is 0 Å². The third-order valence-electron chi connectivity index (χ3n) is 9.68. The number of thioether (sulfide) groups is 1. The molecule has 1 aromatic heterocycles. The smallest absolute Gasteiger partial charge is 0.408 e. The topological polar surface area (TPSA) is 230 Å². The van der Waals surface area contributed by atoms with Crippen LogP contribution in [0.2, 0.25) is 0 Å². The van der Waals surface area contributed by atoms with Gasteiger partial charge in [0, 0.05) is 31.5 Å². The summed E-state index contributed by atoms with van der Waals surface area (Å²) in [6.45, 7) is 8.69. The number of fused-ring (bicyclic) bond motifs is 1. The zero-order chi connectivity index (χ0) is 45.9. The molecule has 17 nitrogen and oxygen atoms in total. The van der Waals surface area contributed by atoms with Crippen molar-refractivity contribution in [1.29, 1.82) is 0 Å². The van der Waals surface area contributed by atoms with E-state index in [1.165, 1.54) is 30.0 Å². The van der Waals surface area contributed by atoms with Crippen LogP contribution in [-0.2, 0) is 40.1 Å². The summed E-state index contributed by atoms with van der Waals surface area (Å²) in [7, 11) is 3.90. The molecule has 0 spiro atoms. The molecule has 6 N–H and O–H groups in total. The number of carbonyl (C=O) groups excluding carboxylic acids is 5. The number of rotatable bonds is 25. The van der Waals surface area contributed by atoms with E-state index < -0.39 is 59.6 Å². The Kier molecular flexibility index (Phi) is 20.3. The SMILES string of the molecule is CC(=O)NCCCCC(NC(=O)C(CCCCN(C)C)NC(=O)C(CCCOC(C)(C)C)NC(=O)OCc1ccccc1)C(=O)Nc1ccc2nc(C3=NC(C(=O)O)CS3)sc2c1. The number of alkyl carbamates (subject to hydrolysis) is 1. The Balaban J connectivity index is 1.51. The summed E-state index contributed by atoms with van der Waals surface area (Å²) in [6.07, 6.45) is 2.72. The zero-order valence-corrected chi connectivity index (χ0v) is 38.6. The maximum absolute atomic E-state index is 14.2. The summed E-state index contributed by atoms with van der Waals surface area (Å²) in [6, 6.07) is 10.4. The van der Waals surface area contributed by atoms with Crippen LogP contribution in [0.3, 0.4) is 0 Å². The zero-order valence-electron chi connectivity index (χ0n) is 37.0. The Morgan fingerprint density at radius 2 is 1.51 bits per heavy atom. The predicted molar refractivity (Wildman–Crippen MR) is 246 cm³/mol. The summed E-state index contributed by atoms with van der Waals surface area (Å²) >= 11 is 2.66. The van der Waals surface area contributed by atoms with E-state index in [9.17, 15) is 33.9 Å². The number of ether oxygens (including phenoxy) is 2. The Morgan fingerprint density at radius 1 is 0.857 bits per heavy atom. The van der Waals surface area contributed by atoms with Gasteiger partial charge in [-0.25, -0.2) is 14.6 Å². The molecule has 1 aliphatic rings. The minimum absolute atomic E-state index is 0.00230. The number of carboxylic acids is 1. The first-order valence-electron chi connectivity index (χ1n) is 21.2. The third-order valence-corrected chi connectivity index (χ3v) is 11.9. The average molecular weight is 911 g/mol. The van der Waals surface area contributed by atoms with E-state index >= 15 is 0 Å². The van der Waals surface area contributed by atoms with Gasteiger partial charge in [-0.3, -0.25) is 24.2 Å². The number of carboxylic acid groups (broad SMARTS) is 1. The highest BCUT2D eigenvalue weighted by Gasteiger charge is 2.31. The highest BCUT2D eigenvalue weighted by atomic mass is 32.2. The van der Waals surface area contributed by atoms with Gasteiger partial charge in [0.25, 0.3) is 0 Å². The maximum Gasteiger partial charge on any atom is 0.408 e. The van der Waals surface area contributed by atoms with Crippen LogP contribution < -0.4 is 26.6 Å². The number of aliphatic carboxylic acids is 1. The van der Waals surface area contributed by atoms with Crippen molar-refractivity contribution in [2.24, 2.45) is 4.99 Å². The molecule has 5 amide bonds. The van der Waals surface area contributed by atoms with E-state index in [0.717, 1.165) is 23.2 Å². The second-order valence-electron chi connectivity index (χ2n) is 16.6. The monoisotopic (exact) mass is 910 g/mol. The van der Waals surface area contributed by atoms with Crippen LogP contribution in [0.15, 0.2) is 53.5 Å². The minimum Gasteiger partial charge on any atom is -0.480 e. The Labute approximate surface area is 377 Å². The number of nitrogens with one attached hydrogen (secondary N) is 5. The van der Waals surface area contributed by atoms with Crippen LogP contribution in [0.25, 0.3) is 10.2 Å². The van der Waals surface area contributed by atoms with Crippen molar-refractivity contribution in [2.45, 2.75) is 115 Å². The van der Waals surface area contributed by atoms with Gasteiger partial charge in [0.05, 0.1) is 15.8 Å². The number of thiazole rings is 1. The number of amides is 5. The second kappa shape index (κ2) is 25.3. The third kappa shape index (κ3) is 18.3. The van der Waals surface area contributed by atoms with E-state index in [1.54, 1.807) is 18.2 Å². The molecule has 4 rings (SSSR count). The quantitative estimate of drug-likeness (QED) is 0.0612. The van der Waals surface area contributed by atoms with E-state index in [2.05, 4.69) is 36.6 Å². The summed E-state index contributed by atoms with van der Waals surface area (Å²) in [4.78, 5) is 89.2. The van der Waals surface area contributed by atoms with Gasteiger partial charge >= 0.3 is 12.1 Å². The van der Waals surface area contributed by atoms with Crippen molar-refractivity contribution in [3.8, 4) is 0 Å². The number of benzene rings is 2. The highest BCUT2D eigenvalue weighted by Crippen LogP contribution is 2.31. The van der Waals surface area contributed by atoms with Crippen LogP contribution >= 0.6 is 23.1 Å². The Bertz CT molecular complexity index is 2040. The molecule has 0 radical (unpaired) electrons.